The van der Waals surface area contributed by atoms with E-state index in [0.717, 1.165) is 31.1 Å². The van der Waals surface area contributed by atoms with Gasteiger partial charge in [-0.1, -0.05) is 0 Å². The Morgan fingerprint density at radius 1 is 1.60 bits per heavy atom. The number of nitrogens with two attached hydrogens (primary N) is 1. The van der Waals surface area contributed by atoms with Gasteiger partial charge in [-0.2, -0.15) is 5.10 Å². The second-order valence-electron chi connectivity index (χ2n) is 5.53. The summed E-state index contributed by atoms with van der Waals surface area (Å²) < 4.78 is 13.2. The van der Waals surface area contributed by atoms with Gasteiger partial charge in [-0.3, -0.25) is 15.4 Å². The van der Waals surface area contributed by atoms with Gasteiger partial charge >= 0.3 is 0 Å². The second kappa shape index (κ2) is 5.69. The van der Waals surface area contributed by atoms with Crippen LogP contribution in [0.1, 0.15) is 24.6 Å². The molecule has 3 heterocycles. The number of nitrogens with one attached hydrogen (secondary N) is 1. The third-order valence-corrected chi connectivity index (χ3v) is 4.43. The van der Waals surface area contributed by atoms with E-state index < -0.39 is 0 Å². The summed E-state index contributed by atoms with van der Waals surface area (Å²) in [4.78, 5) is 2.50. The van der Waals surface area contributed by atoms with E-state index in [4.69, 9.17) is 15.3 Å². The quantitative estimate of drug-likeness (QED) is 0.588. The van der Waals surface area contributed by atoms with Gasteiger partial charge in [-0.25, -0.2) is 5.43 Å². The number of rotatable bonds is 4. The Kier molecular flexibility index (Phi) is 3.93. The molecule has 0 aliphatic carbocycles. The molecule has 2 saturated heterocycles. The van der Waals surface area contributed by atoms with Gasteiger partial charge in [0, 0.05) is 19.6 Å². The Hall–Kier alpha value is -1.15. The lowest BCUT2D eigenvalue weighted by Crippen LogP contribution is -2.52. The third-order valence-electron chi connectivity index (χ3n) is 4.43. The Balaban J connectivity index is 1.81. The summed E-state index contributed by atoms with van der Waals surface area (Å²) in [6.07, 6.45) is 4.22. The maximum Gasteiger partial charge on any atom is 0.161 e. The molecule has 7 nitrogen and oxygen atoms in total. The molecule has 2 aliphatic heterocycles. The van der Waals surface area contributed by atoms with Crippen LogP contribution in [-0.4, -0.2) is 53.6 Å². The van der Waals surface area contributed by atoms with Crippen molar-refractivity contribution in [1.29, 1.82) is 0 Å². The van der Waals surface area contributed by atoms with Gasteiger partial charge in [0.15, 0.2) is 5.75 Å². The lowest BCUT2D eigenvalue weighted by molar-refractivity contribution is -0.0666. The normalized spacial score (nSPS) is 28.4. The molecule has 3 atom stereocenters. The Labute approximate surface area is 119 Å². The topological polar surface area (TPSA) is 77.6 Å². The molecule has 0 saturated carbocycles. The zero-order valence-electron chi connectivity index (χ0n) is 12.1. The third kappa shape index (κ3) is 2.31. The van der Waals surface area contributed by atoms with Crippen molar-refractivity contribution < 1.29 is 9.47 Å². The molecular formula is C13H23N5O2. The maximum atomic E-state index is 6.04. The molecular weight excluding hydrogens is 258 g/mol. The number of hydrazine groups is 1. The Morgan fingerprint density at radius 2 is 2.45 bits per heavy atom. The van der Waals surface area contributed by atoms with E-state index in [2.05, 4.69) is 15.4 Å². The summed E-state index contributed by atoms with van der Waals surface area (Å²) in [6.45, 7) is 2.83. The number of methoxy groups -OCH3 is 1. The molecule has 7 heteroatoms. The van der Waals surface area contributed by atoms with E-state index in [9.17, 15) is 0 Å². The molecule has 0 bridgehead atoms. The number of aryl methyl sites for hydroxylation is 1. The minimum atomic E-state index is -0.126. The highest BCUT2D eigenvalue weighted by Gasteiger charge is 2.38. The average Bonchev–Trinajstić information content (AvgIpc) is 3.07. The highest BCUT2D eigenvalue weighted by molar-refractivity contribution is 5.29. The molecule has 112 valence electrons. The van der Waals surface area contributed by atoms with Crippen LogP contribution in [0.4, 0.5) is 0 Å². The van der Waals surface area contributed by atoms with E-state index in [1.54, 1.807) is 18.0 Å². The number of fused-ring (bicyclic) bond motifs is 1. The number of hydrogen-bond acceptors (Lipinski definition) is 6. The summed E-state index contributed by atoms with van der Waals surface area (Å²) in [5.74, 6) is 6.52. The molecule has 0 aromatic carbocycles. The lowest BCUT2D eigenvalue weighted by Gasteiger charge is -2.38. The average molecular weight is 281 g/mol. The Morgan fingerprint density at radius 3 is 3.20 bits per heavy atom. The van der Waals surface area contributed by atoms with Crippen molar-refractivity contribution in [3.05, 3.63) is 11.9 Å². The smallest absolute Gasteiger partial charge is 0.161 e. The zero-order valence-corrected chi connectivity index (χ0v) is 12.1. The van der Waals surface area contributed by atoms with Crippen LogP contribution in [0.15, 0.2) is 6.20 Å². The van der Waals surface area contributed by atoms with Gasteiger partial charge < -0.3 is 9.47 Å². The van der Waals surface area contributed by atoms with Crippen molar-refractivity contribution in [3.8, 4) is 5.75 Å². The lowest BCUT2D eigenvalue weighted by atomic mass is 10.0. The van der Waals surface area contributed by atoms with E-state index in [1.807, 2.05) is 7.05 Å². The van der Waals surface area contributed by atoms with Crippen LogP contribution in [0, 0.1) is 0 Å². The zero-order chi connectivity index (χ0) is 14.1. The number of morpholine rings is 1. The first-order chi connectivity index (χ1) is 9.74. The molecule has 0 radical (unpaired) electrons. The standard InChI is InChI=1S/C13H23N5O2/c1-17-13(10(19-2)6-15-17)12(16-14)11-7-18-5-3-4-9(18)8-20-11/h6,9,11-12,16H,3-5,7-8,14H2,1-2H3. The number of aromatic nitrogens is 2. The van der Waals surface area contributed by atoms with E-state index in [-0.39, 0.29) is 12.1 Å². The number of ether oxygens (including phenoxy) is 2. The van der Waals surface area contributed by atoms with Gasteiger partial charge in [-0.05, 0) is 19.4 Å². The van der Waals surface area contributed by atoms with Crippen molar-refractivity contribution in [2.75, 3.05) is 26.8 Å². The molecule has 0 amide bonds. The molecule has 20 heavy (non-hydrogen) atoms. The number of nitrogens with zero attached hydrogens (tertiary/aromatic N) is 3. The highest BCUT2D eigenvalue weighted by Crippen LogP contribution is 2.32. The molecule has 3 unspecified atom stereocenters. The van der Waals surface area contributed by atoms with Crippen molar-refractivity contribution in [2.24, 2.45) is 12.9 Å². The predicted molar refractivity (Wildman–Crippen MR) is 74.2 cm³/mol. The fourth-order valence-corrected chi connectivity index (χ4v) is 3.35. The minimum absolute atomic E-state index is 0.0126. The fourth-order valence-electron chi connectivity index (χ4n) is 3.35. The van der Waals surface area contributed by atoms with Crippen LogP contribution < -0.4 is 16.0 Å². The fraction of sp³-hybridized carbons (Fsp3) is 0.769. The Bertz CT molecular complexity index is 464. The molecule has 1 aromatic rings. The van der Waals surface area contributed by atoms with Gasteiger partial charge in [0.25, 0.3) is 0 Å². The predicted octanol–water partition coefficient (Wildman–Crippen LogP) is -0.204. The van der Waals surface area contributed by atoms with Crippen LogP contribution in [0.5, 0.6) is 5.75 Å². The minimum Gasteiger partial charge on any atom is -0.493 e. The van der Waals surface area contributed by atoms with E-state index in [1.165, 1.54) is 12.8 Å². The SMILES string of the molecule is COc1cnn(C)c1C(NN)C1CN2CCCC2CO1. The van der Waals surface area contributed by atoms with Crippen LogP contribution in [0.3, 0.4) is 0 Å². The molecule has 2 fully saturated rings. The first-order valence-corrected chi connectivity index (χ1v) is 7.12. The van der Waals surface area contributed by atoms with Gasteiger partial charge in [-0.15, -0.1) is 0 Å². The van der Waals surface area contributed by atoms with Crippen LogP contribution in [-0.2, 0) is 11.8 Å². The highest BCUT2D eigenvalue weighted by atomic mass is 16.5. The summed E-state index contributed by atoms with van der Waals surface area (Å²) in [5, 5.41) is 4.24. The molecule has 3 N–H and O–H groups in total. The van der Waals surface area contributed by atoms with Gasteiger partial charge in [0.2, 0.25) is 0 Å². The largest absolute Gasteiger partial charge is 0.493 e. The molecule has 0 spiro atoms. The van der Waals surface area contributed by atoms with Crippen LogP contribution in [0.25, 0.3) is 0 Å². The summed E-state index contributed by atoms with van der Waals surface area (Å²) in [7, 11) is 3.54. The van der Waals surface area contributed by atoms with Crippen molar-refractivity contribution >= 4 is 0 Å². The summed E-state index contributed by atoms with van der Waals surface area (Å²) in [5.41, 5.74) is 3.81. The number of hydrogen-bond donors (Lipinski definition) is 2. The van der Waals surface area contributed by atoms with Crippen LogP contribution in [0.2, 0.25) is 0 Å². The van der Waals surface area contributed by atoms with E-state index in [0.29, 0.717) is 6.04 Å². The van der Waals surface area contributed by atoms with Crippen molar-refractivity contribution in [1.82, 2.24) is 20.1 Å². The maximum absolute atomic E-state index is 6.04. The molecule has 1 aromatic heterocycles. The molecule has 3 rings (SSSR count). The van der Waals surface area contributed by atoms with Crippen molar-refractivity contribution in [3.63, 3.8) is 0 Å². The monoisotopic (exact) mass is 281 g/mol. The van der Waals surface area contributed by atoms with E-state index >= 15 is 0 Å². The van der Waals surface area contributed by atoms with Crippen molar-refractivity contribution in [2.45, 2.75) is 31.0 Å². The van der Waals surface area contributed by atoms with Crippen LogP contribution >= 0.6 is 0 Å². The molecule has 2 aliphatic rings. The first kappa shape index (κ1) is 13.8. The summed E-state index contributed by atoms with van der Waals surface area (Å²) >= 11 is 0. The first-order valence-electron chi connectivity index (χ1n) is 7.12. The second-order valence-corrected chi connectivity index (χ2v) is 5.53. The van der Waals surface area contributed by atoms with Gasteiger partial charge in [0.1, 0.15) is 5.69 Å². The van der Waals surface area contributed by atoms with Gasteiger partial charge in [0.05, 0.1) is 32.1 Å². The summed E-state index contributed by atoms with van der Waals surface area (Å²) in [6, 6.07) is 0.456.